The summed E-state index contributed by atoms with van der Waals surface area (Å²) in [7, 11) is -3.77. The van der Waals surface area contributed by atoms with E-state index in [1.165, 1.54) is 19.9 Å². The lowest BCUT2D eigenvalue weighted by atomic mass is 9.85. The maximum atomic E-state index is 13.0. The fraction of sp³-hybridized carbons (Fsp3) is 0.333. The first-order valence-electron chi connectivity index (χ1n) is 13.4. The van der Waals surface area contributed by atoms with E-state index in [1.54, 1.807) is 18.3 Å². The Labute approximate surface area is 232 Å². The summed E-state index contributed by atoms with van der Waals surface area (Å²) in [5.74, 6) is 0.243. The number of benzene rings is 2. The first-order chi connectivity index (χ1) is 19.2. The van der Waals surface area contributed by atoms with E-state index in [9.17, 15) is 18.5 Å². The zero-order valence-corrected chi connectivity index (χ0v) is 23.1. The normalized spacial score (nSPS) is 21.1. The molecule has 40 heavy (non-hydrogen) atoms. The van der Waals surface area contributed by atoms with Crippen LogP contribution < -0.4 is 10.1 Å². The van der Waals surface area contributed by atoms with Crippen LogP contribution in [-0.2, 0) is 16.4 Å². The fourth-order valence-electron chi connectivity index (χ4n) is 5.67. The molecule has 2 aromatic carbocycles. The number of hydrogen-bond acceptors (Lipinski definition) is 8. The fourth-order valence-corrected chi connectivity index (χ4v) is 7.26. The molecule has 0 bridgehead atoms. The third-order valence-corrected chi connectivity index (χ3v) is 10.5. The molecule has 1 aliphatic heterocycles. The molecule has 3 heterocycles. The Bertz CT molecular complexity index is 1770. The number of nitrogens with zero attached hydrogens (tertiary/aromatic N) is 4. The lowest BCUT2D eigenvalue weighted by molar-refractivity contribution is 0.0959. The second-order valence-corrected chi connectivity index (χ2v) is 13.3. The summed E-state index contributed by atoms with van der Waals surface area (Å²) in [4.78, 5) is 17.6. The van der Waals surface area contributed by atoms with Crippen molar-refractivity contribution in [3.8, 4) is 11.9 Å². The van der Waals surface area contributed by atoms with Gasteiger partial charge in [0, 0.05) is 17.4 Å². The molecule has 1 aliphatic carbocycles. The largest absolute Gasteiger partial charge is 0.472 e. The van der Waals surface area contributed by atoms with Crippen molar-refractivity contribution in [3.63, 3.8) is 0 Å². The van der Waals surface area contributed by atoms with Crippen molar-refractivity contribution in [2.45, 2.75) is 61.8 Å². The van der Waals surface area contributed by atoms with Crippen molar-refractivity contribution in [3.05, 3.63) is 71.9 Å². The van der Waals surface area contributed by atoms with Crippen LogP contribution >= 0.6 is 0 Å². The number of nitriles is 1. The summed E-state index contributed by atoms with van der Waals surface area (Å²) in [6.45, 7) is 3.18. The number of hydrogen-bond donors (Lipinski definition) is 1. The second-order valence-electron chi connectivity index (χ2n) is 10.8. The van der Waals surface area contributed by atoms with Gasteiger partial charge in [-0.25, -0.2) is 13.4 Å². The van der Waals surface area contributed by atoms with Gasteiger partial charge in [0.1, 0.15) is 16.7 Å². The summed E-state index contributed by atoms with van der Waals surface area (Å²) in [6, 6.07) is 18.7. The van der Waals surface area contributed by atoms with Crippen molar-refractivity contribution < 1.29 is 17.9 Å². The number of aromatic nitrogens is 3. The number of ether oxygens (including phenoxy) is 1. The number of sulfone groups is 1. The first kappa shape index (κ1) is 26.0. The van der Waals surface area contributed by atoms with E-state index < -0.39 is 20.4 Å². The minimum absolute atomic E-state index is 0.0380. The highest BCUT2D eigenvalue weighted by Gasteiger charge is 2.51. The van der Waals surface area contributed by atoms with E-state index in [-0.39, 0.29) is 22.4 Å². The van der Waals surface area contributed by atoms with E-state index in [0.717, 1.165) is 36.8 Å². The first-order valence-corrected chi connectivity index (χ1v) is 14.8. The van der Waals surface area contributed by atoms with Crippen LogP contribution in [0.5, 0.6) is 5.88 Å². The van der Waals surface area contributed by atoms with Gasteiger partial charge in [0.2, 0.25) is 5.88 Å². The maximum absolute atomic E-state index is 13.0. The molecule has 2 aromatic heterocycles. The van der Waals surface area contributed by atoms with E-state index in [0.29, 0.717) is 29.4 Å². The Morgan fingerprint density at radius 2 is 1.90 bits per heavy atom. The number of anilines is 2. The van der Waals surface area contributed by atoms with Crippen LogP contribution in [0.3, 0.4) is 0 Å². The van der Waals surface area contributed by atoms with E-state index in [1.807, 2.05) is 41.1 Å². The molecule has 9 nitrogen and oxygen atoms in total. The molecular formula is C30H29N5O4S. The maximum Gasteiger partial charge on any atom is 0.227 e. The van der Waals surface area contributed by atoms with Crippen LogP contribution in [0.15, 0.2) is 65.7 Å². The highest BCUT2D eigenvalue weighted by Crippen LogP contribution is 2.42. The minimum atomic E-state index is -3.77. The zero-order valence-electron chi connectivity index (χ0n) is 22.3. The van der Waals surface area contributed by atoms with Gasteiger partial charge >= 0.3 is 0 Å². The summed E-state index contributed by atoms with van der Waals surface area (Å²) in [5.41, 5.74) is 2.45. The second kappa shape index (κ2) is 9.75. The number of carbonyl (C=O) groups is 1. The molecule has 1 fully saturated rings. The van der Waals surface area contributed by atoms with Gasteiger partial charge in [-0.3, -0.25) is 9.48 Å². The van der Waals surface area contributed by atoms with Gasteiger partial charge in [-0.15, -0.1) is 0 Å². The molecule has 4 aromatic rings. The van der Waals surface area contributed by atoms with E-state index >= 15 is 0 Å². The predicted molar refractivity (Wildman–Crippen MR) is 150 cm³/mol. The Morgan fingerprint density at radius 1 is 1.12 bits per heavy atom. The number of nitrogens with one attached hydrogen (secondary N) is 1. The lowest BCUT2D eigenvalue weighted by Crippen LogP contribution is -2.33. The van der Waals surface area contributed by atoms with Crippen LogP contribution in [0.1, 0.15) is 61.5 Å². The zero-order chi connectivity index (χ0) is 28.1. The van der Waals surface area contributed by atoms with Gasteiger partial charge < -0.3 is 10.1 Å². The molecule has 0 amide bonds. The quantitative estimate of drug-likeness (QED) is 0.318. The number of rotatable bonds is 6. The minimum Gasteiger partial charge on any atom is -0.472 e. The molecular weight excluding hydrogens is 526 g/mol. The molecule has 0 spiro atoms. The number of carbonyl (C=O) groups excluding carboxylic acids is 1. The monoisotopic (exact) mass is 555 g/mol. The molecule has 2 atom stereocenters. The van der Waals surface area contributed by atoms with Gasteiger partial charge in [0.15, 0.2) is 21.4 Å². The Hall–Kier alpha value is -4.23. The van der Waals surface area contributed by atoms with Gasteiger partial charge in [-0.2, -0.15) is 10.4 Å². The Kier molecular flexibility index (Phi) is 6.34. The molecule has 6 rings (SSSR count). The SMILES string of the molecule is CC1(C)C(=O)c2cc(Nc3nn(C4CCCCC4C#N)c4ccnc(OCc5ccccc5)c34)ccc2S1(=O)=O. The van der Waals surface area contributed by atoms with Gasteiger partial charge in [0.05, 0.1) is 28.4 Å². The van der Waals surface area contributed by atoms with Gasteiger partial charge in [-0.05, 0) is 56.5 Å². The lowest BCUT2D eigenvalue weighted by Gasteiger charge is -2.27. The van der Waals surface area contributed by atoms with Crippen LogP contribution in [-0.4, -0.2) is 33.7 Å². The molecule has 0 saturated heterocycles. The molecule has 1 saturated carbocycles. The van der Waals surface area contributed by atoms with Gasteiger partial charge in [-0.1, -0.05) is 43.2 Å². The third-order valence-electron chi connectivity index (χ3n) is 8.01. The summed E-state index contributed by atoms with van der Waals surface area (Å²) < 4.78 is 32.4. The number of ketones is 1. The smallest absolute Gasteiger partial charge is 0.227 e. The highest BCUT2D eigenvalue weighted by molar-refractivity contribution is 7.94. The number of fused-ring (bicyclic) bond motifs is 2. The summed E-state index contributed by atoms with van der Waals surface area (Å²) in [5, 5.41) is 18.8. The summed E-state index contributed by atoms with van der Waals surface area (Å²) >= 11 is 0. The standard InChI is InChI=1S/C30H29N5O4S/c1-30(2)27(36)22-16-21(12-13-25(22)40(30,37)38)33-28-26-24(35(34-28)23-11-7-6-10-20(23)17-31)14-15-32-29(26)39-18-19-8-4-3-5-9-19/h3-5,8-9,12-16,20,23H,6-7,10-11,18H2,1-2H3,(H,33,34). The topological polar surface area (TPSA) is 127 Å². The molecule has 10 heteroatoms. The van der Waals surface area contributed by atoms with Crippen molar-refractivity contribution in [2.75, 3.05) is 5.32 Å². The predicted octanol–water partition coefficient (Wildman–Crippen LogP) is 5.76. The Balaban J connectivity index is 1.44. The third kappa shape index (κ3) is 4.12. The number of Topliss-reactive ketones (excluding diaryl/α,β-unsaturated/α-hetero) is 1. The highest BCUT2D eigenvalue weighted by atomic mass is 32.2. The van der Waals surface area contributed by atoms with E-state index in [2.05, 4.69) is 16.4 Å². The Morgan fingerprint density at radius 3 is 2.67 bits per heavy atom. The van der Waals surface area contributed by atoms with E-state index in [4.69, 9.17) is 9.84 Å². The van der Waals surface area contributed by atoms with Crippen molar-refractivity contribution >= 4 is 38.0 Å². The number of pyridine rings is 1. The van der Waals surface area contributed by atoms with Gasteiger partial charge in [0.25, 0.3) is 0 Å². The summed E-state index contributed by atoms with van der Waals surface area (Å²) in [6.07, 6.45) is 5.33. The average molecular weight is 556 g/mol. The van der Waals surface area contributed by atoms with Crippen molar-refractivity contribution in [1.29, 1.82) is 5.26 Å². The van der Waals surface area contributed by atoms with Crippen LogP contribution in [0.25, 0.3) is 10.9 Å². The molecule has 1 N–H and O–H groups in total. The average Bonchev–Trinajstić information content (AvgIpc) is 3.39. The molecule has 204 valence electrons. The van der Waals surface area contributed by atoms with Crippen molar-refractivity contribution in [1.82, 2.24) is 14.8 Å². The van der Waals surface area contributed by atoms with Crippen LogP contribution in [0, 0.1) is 17.2 Å². The molecule has 2 aliphatic rings. The van der Waals surface area contributed by atoms with Crippen LogP contribution in [0.4, 0.5) is 11.5 Å². The van der Waals surface area contributed by atoms with Crippen LogP contribution in [0.2, 0.25) is 0 Å². The van der Waals surface area contributed by atoms with Crippen molar-refractivity contribution in [2.24, 2.45) is 5.92 Å². The molecule has 0 radical (unpaired) electrons. The molecule has 2 unspecified atom stereocenters.